The second-order valence-electron chi connectivity index (χ2n) is 8.59. The van der Waals surface area contributed by atoms with Crippen molar-refractivity contribution >= 4 is 10.1 Å². The molecule has 2 aromatic rings. The fourth-order valence-corrected chi connectivity index (χ4v) is 5.15. The molecule has 2 fully saturated rings. The van der Waals surface area contributed by atoms with Gasteiger partial charge in [0.25, 0.3) is 10.1 Å². The molecule has 4 atom stereocenters. The van der Waals surface area contributed by atoms with Crippen molar-refractivity contribution in [3.05, 3.63) is 65.7 Å². The van der Waals surface area contributed by atoms with Crippen LogP contribution in [-0.2, 0) is 39.9 Å². The molecule has 2 saturated heterocycles. The molecule has 0 aliphatic carbocycles. The van der Waals surface area contributed by atoms with E-state index in [1.165, 1.54) is 12.1 Å². The van der Waals surface area contributed by atoms with Crippen LogP contribution in [0.1, 0.15) is 31.9 Å². The summed E-state index contributed by atoms with van der Waals surface area (Å²) in [4.78, 5) is 0.0762. The van der Waals surface area contributed by atoms with Crippen LogP contribution >= 0.6 is 0 Å². The number of hydrogen-bond donors (Lipinski definition) is 0. The van der Waals surface area contributed by atoms with Gasteiger partial charge < -0.3 is 18.9 Å². The molecule has 2 heterocycles. The molecule has 0 amide bonds. The number of ether oxygens (including phenoxy) is 4. The lowest BCUT2D eigenvalue weighted by atomic mass is 9.98. The van der Waals surface area contributed by atoms with Crippen molar-refractivity contribution in [1.29, 1.82) is 0 Å². The van der Waals surface area contributed by atoms with Crippen molar-refractivity contribution in [1.82, 2.24) is 0 Å². The Balaban J connectivity index is 1.54. The largest absolute Gasteiger partial charge is 0.374 e. The third-order valence-corrected chi connectivity index (χ3v) is 6.77. The molecule has 2 aliphatic rings. The first kappa shape index (κ1) is 22.4. The van der Waals surface area contributed by atoms with Crippen LogP contribution < -0.4 is 0 Å². The lowest BCUT2D eigenvalue weighted by molar-refractivity contribution is -0.222. The minimum absolute atomic E-state index is 0.0762. The zero-order chi connectivity index (χ0) is 22.3. The average molecular weight is 449 g/mol. The molecule has 7 nitrogen and oxygen atoms in total. The van der Waals surface area contributed by atoms with Crippen LogP contribution in [0.15, 0.2) is 59.5 Å². The summed E-state index contributed by atoms with van der Waals surface area (Å²) >= 11 is 0. The summed E-state index contributed by atoms with van der Waals surface area (Å²) in [6.45, 7) is 7.65. The van der Waals surface area contributed by atoms with E-state index < -0.39 is 40.0 Å². The second kappa shape index (κ2) is 8.27. The highest BCUT2D eigenvalue weighted by molar-refractivity contribution is 7.86. The van der Waals surface area contributed by atoms with Crippen LogP contribution in [0.2, 0.25) is 0 Å². The van der Waals surface area contributed by atoms with Gasteiger partial charge in [-0.25, -0.2) is 0 Å². The number of hydrogen-bond acceptors (Lipinski definition) is 7. The van der Waals surface area contributed by atoms with E-state index in [4.69, 9.17) is 23.1 Å². The van der Waals surface area contributed by atoms with Gasteiger partial charge in [0.15, 0.2) is 12.1 Å². The number of benzene rings is 2. The van der Waals surface area contributed by atoms with E-state index in [9.17, 15) is 8.42 Å². The monoisotopic (exact) mass is 448 g/mol. The third-order valence-electron chi connectivity index (χ3n) is 5.46. The van der Waals surface area contributed by atoms with Gasteiger partial charge in [-0.05, 0) is 45.4 Å². The first-order valence-electron chi connectivity index (χ1n) is 10.2. The predicted octanol–water partition coefficient (Wildman–Crippen LogP) is 3.55. The fraction of sp³-hybridized carbons (Fsp3) is 0.478. The molecule has 0 aromatic heterocycles. The van der Waals surface area contributed by atoms with Crippen LogP contribution in [0.5, 0.6) is 0 Å². The Hall–Kier alpha value is -1.81. The van der Waals surface area contributed by atoms with Gasteiger partial charge in [-0.15, -0.1) is 0 Å². The van der Waals surface area contributed by atoms with Gasteiger partial charge in [-0.2, -0.15) is 8.42 Å². The zero-order valence-electron chi connectivity index (χ0n) is 18.1. The summed E-state index contributed by atoms with van der Waals surface area (Å²) in [7, 11) is -4.06. The highest BCUT2D eigenvalue weighted by Crippen LogP contribution is 2.47. The summed E-state index contributed by atoms with van der Waals surface area (Å²) in [6.07, 6.45) is -2.40. The standard InChI is InChI=1S/C23H28O7S/c1-16-10-12-18(13-11-16)31(24,25)29-20-19(15-26-14-17-8-6-5-7-9-17)27-21-23(20,4)30-22(2,3)28-21/h5-13,19-21H,14-15H2,1-4H3. The van der Waals surface area contributed by atoms with Gasteiger partial charge in [0.2, 0.25) is 0 Å². The van der Waals surface area contributed by atoms with Crippen molar-refractivity contribution in [3.8, 4) is 0 Å². The molecule has 0 N–H and O–H groups in total. The summed E-state index contributed by atoms with van der Waals surface area (Å²) in [5.74, 6) is -0.926. The Morgan fingerprint density at radius 3 is 2.35 bits per heavy atom. The maximum Gasteiger partial charge on any atom is 0.297 e. The number of fused-ring (bicyclic) bond motifs is 1. The highest BCUT2D eigenvalue weighted by atomic mass is 32.2. The predicted molar refractivity (Wildman–Crippen MR) is 113 cm³/mol. The topological polar surface area (TPSA) is 80.3 Å². The summed E-state index contributed by atoms with van der Waals surface area (Å²) in [5.41, 5.74) is 0.851. The molecular formula is C23H28O7S. The molecule has 4 unspecified atom stereocenters. The van der Waals surface area contributed by atoms with E-state index in [-0.39, 0.29) is 11.5 Å². The summed E-state index contributed by atoms with van der Waals surface area (Å²) in [5, 5.41) is 0. The van der Waals surface area contributed by atoms with Gasteiger partial charge in [0.1, 0.15) is 17.8 Å². The smallest absolute Gasteiger partial charge is 0.297 e. The molecule has 2 aromatic carbocycles. The third kappa shape index (κ3) is 4.69. The molecule has 2 aliphatic heterocycles. The van der Waals surface area contributed by atoms with Crippen molar-refractivity contribution in [2.75, 3.05) is 6.61 Å². The minimum atomic E-state index is -4.06. The lowest BCUT2D eigenvalue weighted by Crippen LogP contribution is -2.48. The molecule has 8 heteroatoms. The normalized spacial score (nSPS) is 29.7. The van der Waals surface area contributed by atoms with Crippen LogP contribution in [0.3, 0.4) is 0 Å². The Morgan fingerprint density at radius 1 is 1.00 bits per heavy atom. The van der Waals surface area contributed by atoms with Crippen LogP contribution in [-0.4, -0.2) is 44.9 Å². The second-order valence-corrected chi connectivity index (χ2v) is 10.2. The minimum Gasteiger partial charge on any atom is -0.374 e. The van der Waals surface area contributed by atoms with Gasteiger partial charge in [-0.1, -0.05) is 48.0 Å². The molecule has 168 valence electrons. The molecule has 0 radical (unpaired) electrons. The maximum absolute atomic E-state index is 13.0. The van der Waals surface area contributed by atoms with Gasteiger partial charge in [0.05, 0.1) is 18.1 Å². The van der Waals surface area contributed by atoms with E-state index in [1.807, 2.05) is 37.3 Å². The average Bonchev–Trinajstić information content (AvgIpc) is 3.08. The first-order valence-corrected chi connectivity index (χ1v) is 11.6. The van der Waals surface area contributed by atoms with Crippen LogP contribution in [0, 0.1) is 6.92 Å². The van der Waals surface area contributed by atoms with Crippen LogP contribution in [0.4, 0.5) is 0 Å². The van der Waals surface area contributed by atoms with Gasteiger partial charge in [-0.3, -0.25) is 4.18 Å². The quantitative estimate of drug-likeness (QED) is 0.599. The van der Waals surface area contributed by atoms with Crippen molar-refractivity contribution in [2.24, 2.45) is 0 Å². The van der Waals surface area contributed by atoms with E-state index in [0.29, 0.717) is 6.61 Å². The Labute approximate surface area is 183 Å². The SMILES string of the molecule is Cc1ccc(S(=O)(=O)OC2C(COCc3ccccc3)OC3OC(C)(C)OC32C)cc1. The Morgan fingerprint density at radius 2 is 1.68 bits per heavy atom. The van der Waals surface area contributed by atoms with Crippen molar-refractivity contribution in [2.45, 2.75) is 69.1 Å². The summed E-state index contributed by atoms with van der Waals surface area (Å²) in [6, 6.07) is 16.2. The van der Waals surface area contributed by atoms with Crippen molar-refractivity contribution < 1.29 is 31.5 Å². The lowest BCUT2D eigenvalue weighted by Gasteiger charge is -2.31. The fourth-order valence-electron chi connectivity index (χ4n) is 3.98. The summed E-state index contributed by atoms with van der Waals surface area (Å²) < 4.78 is 55.5. The molecule has 0 spiro atoms. The zero-order valence-corrected chi connectivity index (χ0v) is 18.9. The molecule has 0 saturated carbocycles. The van der Waals surface area contributed by atoms with E-state index in [1.54, 1.807) is 32.9 Å². The molecule has 0 bridgehead atoms. The maximum atomic E-state index is 13.0. The van der Waals surface area contributed by atoms with Gasteiger partial charge in [0, 0.05) is 0 Å². The number of aryl methyl sites for hydroxylation is 1. The molecular weight excluding hydrogens is 420 g/mol. The highest BCUT2D eigenvalue weighted by Gasteiger charge is 2.65. The van der Waals surface area contributed by atoms with Crippen LogP contribution in [0.25, 0.3) is 0 Å². The molecule has 31 heavy (non-hydrogen) atoms. The first-order chi connectivity index (χ1) is 14.6. The Bertz CT molecular complexity index is 1000. The van der Waals surface area contributed by atoms with Gasteiger partial charge >= 0.3 is 0 Å². The van der Waals surface area contributed by atoms with E-state index in [0.717, 1.165) is 11.1 Å². The number of rotatable bonds is 7. The van der Waals surface area contributed by atoms with Crippen molar-refractivity contribution in [3.63, 3.8) is 0 Å². The van der Waals surface area contributed by atoms with E-state index >= 15 is 0 Å². The molecule has 4 rings (SSSR count). The van der Waals surface area contributed by atoms with E-state index in [2.05, 4.69) is 0 Å². The Kier molecular flexibility index (Phi) is 5.97.